The average molecular weight is 888 g/mol. The highest BCUT2D eigenvalue weighted by Gasteiger charge is 2.18. The van der Waals surface area contributed by atoms with E-state index in [4.69, 9.17) is 0 Å². The van der Waals surface area contributed by atoms with E-state index in [1.807, 2.05) is 18.2 Å². The van der Waals surface area contributed by atoms with Crippen LogP contribution in [-0.4, -0.2) is 0 Å². The molecular formula is C28H16I4N2. The number of benzene rings is 3. The summed E-state index contributed by atoms with van der Waals surface area (Å²) >= 11 is 9.23. The minimum Gasteiger partial charge on any atom is -0.192 e. The minimum atomic E-state index is 0.159. The third-order valence-electron chi connectivity index (χ3n) is 5.64. The Morgan fingerprint density at radius 3 is 2.00 bits per heavy atom. The lowest BCUT2D eigenvalue weighted by Crippen LogP contribution is -2.03. The van der Waals surface area contributed by atoms with E-state index in [1.165, 1.54) is 29.4 Å². The van der Waals surface area contributed by atoms with Crippen molar-refractivity contribution in [2.45, 2.75) is 13.3 Å². The Balaban J connectivity index is 1.59. The van der Waals surface area contributed by atoms with E-state index in [9.17, 15) is 10.5 Å². The van der Waals surface area contributed by atoms with Gasteiger partial charge in [0.15, 0.2) is 0 Å². The number of hydrogen-bond donors (Lipinski definition) is 0. The molecule has 2 nitrogen and oxygen atoms in total. The van der Waals surface area contributed by atoms with Crippen molar-refractivity contribution in [1.82, 2.24) is 0 Å². The summed E-state index contributed by atoms with van der Waals surface area (Å²) < 4.78 is 4.24. The molecule has 0 aromatic heterocycles. The van der Waals surface area contributed by atoms with Crippen molar-refractivity contribution < 1.29 is 0 Å². The Hall–Kier alpha value is -1.18. The highest BCUT2D eigenvalue weighted by molar-refractivity contribution is 14.1. The first-order valence-electron chi connectivity index (χ1n) is 10.4. The van der Waals surface area contributed by atoms with Crippen molar-refractivity contribution in [2.24, 2.45) is 5.92 Å². The normalized spacial score (nSPS) is 15.0. The van der Waals surface area contributed by atoms with Gasteiger partial charge in [0.25, 0.3) is 0 Å². The molecule has 1 aliphatic carbocycles. The fourth-order valence-electron chi connectivity index (χ4n) is 3.90. The fraction of sp³-hybridized carbons (Fsp3) is 0.107. The number of nitrogens with zero attached hydrogens (tertiary/aromatic N) is 2. The van der Waals surface area contributed by atoms with E-state index in [0.29, 0.717) is 11.1 Å². The number of allylic oxidation sites excluding steroid dienone is 3. The first-order valence-corrected chi connectivity index (χ1v) is 14.7. The van der Waals surface area contributed by atoms with Gasteiger partial charge in [0.05, 0.1) is 14.7 Å². The van der Waals surface area contributed by atoms with E-state index in [-0.39, 0.29) is 5.92 Å². The summed E-state index contributed by atoms with van der Waals surface area (Å²) in [5.41, 5.74) is 12.0. The van der Waals surface area contributed by atoms with E-state index in [0.717, 1.165) is 24.7 Å². The van der Waals surface area contributed by atoms with Gasteiger partial charge in [-0.25, -0.2) is 0 Å². The molecular weight excluding hydrogens is 872 g/mol. The molecule has 3 aromatic rings. The van der Waals surface area contributed by atoms with E-state index < -0.39 is 0 Å². The standard InChI is InChI=1S/C28H16I4N2/c1-16-8-21(15-34)26(30)13-24(16)23-7-3-18(11-28(23)32)9-17-2-6-22(27(31)10-17)19-4-5-20(14-33)25(29)12-19/h2-8,10-12,16H,9H2,1H3. The SMILES string of the molecule is CC1C=C(C#N)C(I)=C=C1c1ccc(Cc2ccc(-c3ccc(C#N)c(I)c3)c(I)c2)cc1I. The molecule has 0 saturated carbocycles. The van der Waals surface area contributed by atoms with Crippen LogP contribution in [0.2, 0.25) is 0 Å². The number of hydrogen-bond acceptors (Lipinski definition) is 2. The van der Waals surface area contributed by atoms with E-state index >= 15 is 0 Å². The summed E-state index contributed by atoms with van der Waals surface area (Å²) in [6, 6.07) is 23.7. The van der Waals surface area contributed by atoms with Crippen molar-refractivity contribution in [3.63, 3.8) is 0 Å². The Kier molecular flexibility index (Phi) is 8.57. The zero-order valence-corrected chi connectivity index (χ0v) is 26.6. The van der Waals surface area contributed by atoms with Crippen LogP contribution >= 0.6 is 90.4 Å². The lowest BCUT2D eigenvalue weighted by molar-refractivity contribution is 0.951. The summed E-state index contributed by atoms with van der Waals surface area (Å²) in [6.07, 6.45) is 2.88. The topological polar surface area (TPSA) is 47.6 Å². The molecule has 6 heteroatoms. The Labute approximate surface area is 254 Å². The summed E-state index contributed by atoms with van der Waals surface area (Å²) in [6.45, 7) is 2.12. The maximum Gasteiger partial charge on any atom is 0.101 e. The molecule has 0 saturated heterocycles. The van der Waals surface area contributed by atoms with Gasteiger partial charge in [-0.05, 0) is 149 Å². The molecule has 4 rings (SSSR count). The molecule has 34 heavy (non-hydrogen) atoms. The van der Waals surface area contributed by atoms with Crippen LogP contribution in [0.15, 0.2) is 75.6 Å². The summed E-state index contributed by atoms with van der Waals surface area (Å²) in [4.78, 5) is 0. The molecule has 1 atom stereocenters. The van der Waals surface area contributed by atoms with Crippen LogP contribution < -0.4 is 0 Å². The van der Waals surface area contributed by atoms with Gasteiger partial charge in [0, 0.05) is 22.2 Å². The van der Waals surface area contributed by atoms with Crippen LogP contribution in [0, 0.1) is 39.3 Å². The largest absolute Gasteiger partial charge is 0.192 e. The summed E-state index contributed by atoms with van der Waals surface area (Å²) in [7, 11) is 0. The molecule has 1 unspecified atom stereocenters. The van der Waals surface area contributed by atoms with Crippen LogP contribution in [0.1, 0.15) is 29.2 Å². The molecule has 0 spiro atoms. The van der Waals surface area contributed by atoms with Crippen molar-refractivity contribution in [3.8, 4) is 23.3 Å². The van der Waals surface area contributed by atoms with Crippen LogP contribution in [-0.2, 0) is 6.42 Å². The molecule has 3 aromatic carbocycles. The average Bonchev–Trinajstić information content (AvgIpc) is 2.81. The smallest absolute Gasteiger partial charge is 0.101 e. The highest BCUT2D eigenvalue weighted by atomic mass is 127. The van der Waals surface area contributed by atoms with Crippen LogP contribution in [0.25, 0.3) is 16.7 Å². The molecule has 0 radical (unpaired) electrons. The monoisotopic (exact) mass is 888 g/mol. The molecule has 0 N–H and O–H groups in total. The minimum absolute atomic E-state index is 0.159. The van der Waals surface area contributed by atoms with E-state index in [1.54, 1.807) is 0 Å². The van der Waals surface area contributed by atoms with Gasteiger partial charge in [-0.2, -0.15) is 10.5 Å². The maximum absolute atomic E-state index is 9.29. The third kappa shape index (κ3) is 5.62. The lowest BCUT2D eigenvalue weighted by atomic mass is 9.89. The van der Waals surface area contributed by atoms with Crippen molar-refractivity contribution in [2.75, 3.05) is 0 Å². The molecule has 0 aliphatic heterocycles. The van der Waals surface area contributed by atoms with Gasteiger partial charge in [0.2, 0.25) is 0 Å². The second-order valence-electron chi connectivity index (χ2n) is 7.95. The second-order valence-corrected chi connectivity index (χ2v) is 12.5. The highest BCUT2D eigenvalue weighted by Crippen LogP contribution is 2.35. The molecule has 166 valence electrons. The number of halogens is 4. The predicted octanol–water partition coefficient (Wildman–Crippen LogP) is 9.03. The lowest BCUT2D eigenvalue weighted by Gasteiger charge is -2.17. The van der Waals surface area contributed by atoms with Gasteiger partial charge < -0.3 is 0 Å². The summed E-state index contributed by atoms with van der Waals surface area (Å²) in [5, 5.41) is 18.5. The molecule has 0 amide bonds. The first-order chi connectivity index (χ1) is 16.3. The van der Waals surface area contributed by atoms with Gasteiger partial charge in [-0.15, -0.1) is 5.73 Å². The van der Waals surface area contributed by atoms with Crippen molar-refractivity contribution in [3.05, 3.63) is 109 Å². The van der Waals surface area contributed by atoms with Crippen LogP contribution in [0.3, 0.4) is 0 Å². The van der Waals surface area contributed by atoms with Crippen LogP contribution in [0.4, 0.5) is 0 Å². The van der Waals surface area contributed by atoms with E-state index in [2.05, 4.69) is 158 Å². The Morgan fingerprint density at radius 2 is 1.44 bits per heavy atom. The molecule has 0 heterocycles. The van der Waals surface area contributed by atoms with Gasteiger partial charge >= 0.3 is 0 Å². The number of nitriles is 2. The molecule has 0 bridgehead atoms. The third-order valence-corrected chi connectivity index (χ3v) is 9.17. The molecule has 1 aliphatic rings. The first kappa shape index (κ1) is 25.9. The Bertz CT molecular complexity index is 1500. The Morgan fingerprint density at radius 1 is 0.794 bits per heavy atom. The quantitative estimate of drug-likeness (QED) is 0.194. The summed E-state index contributed by atoms with van der Waals surface area (Å²) in [5.74, 6) is 0.159. The second kappa shape index (κ2) is 11.3. The zero-order chi connectivity index (χ0) is 24.4. The maximum atomic E-state index is 9.29. The van der Waals surface area contributed by atoms with Crippen molar-refractivity contribution >= 4 is 95.9 Å². The fourth-order valence-corrected chi connectivity index (χ4v) is 6.89. The van der Waals surface area contributed by atoms with Gasteiger partial charge in [0.1, 0.15) is 12.1 Å². The molecule has 0 fully saturated rings. The number of rotatable bonds is 4. The van der Waals surface area contributed by atoms with Gasteiger partial charge in [-0.1, -0.05) is 43.3 Å². The van der Waals surface area contributed by atoms with Crippen molar-refractivity contribution in [1.29, 1.82) is 10.5 Å². The van der Waals surface area contributed by atoms with Gasteiger partial charge in [-0.3, -0.25) is 0 Å². The predicted molar refractivity (Wildman–Crippen MR) is 171 cm³/mol. The zero-order valence-electron chi connectivity index (χ0n) is 18.0. The van der Waals surface area contributed by atoms with Crippen LogP contribution in [0.5, 0.6) is 0 Å².